The summed E-state index contributed by atoms with van der Waals surface area (Å²) < 4.78 is 50.5. The van der Waals surface area contributed by atoms with Gasteiger partial charge in [-0.2, -0.15) is 0 Å². The van der Waals surface area contributed by atoms with Crippen LogP contribution >= 0.6 is 0 Å². The first-order valence-electron chi connectivity index (χ1n) is 7.83. The van der Waals surface area contributed by atoms with Crippen LogP contribution in [-0.4, -0.2) is 25.2 Å². The molecule has 1 unspecified atom stereocenters. The van der Waals surface area contributed by atoms with E-state index < -0.39 is 29.6 Å². The number of methoxy groups -OCH3 is 2. The number of halogens is 3. The molecule has 1 aliphatic heterocycles. The maximum Gasteiger partial charge on any atom is 0.327 e. The number of urea groups is 1. The number of rotatable bonds is 4. The van der Waals surface area contributed by atoms with Crippen molar-refractivity contribution >= 4 is 11.7 Å². The van der Waals surface area contributed by atoms with Crippen LogP contribution in [0.2, 0.25) is 0 Å². The van der Waals surface area contributed by atoms with Gasteiger partial charge in [-0.05, 0) is 24.3 Å². The van der Waals surface area contributed by atoms with Crippen LogP contribution in [0.5, 0.6) is 11.5 Å². The maximum atomic E-state index is 13.5. The van der Waals surface area contributed by atoms with E-state index in [0.717, 1.165) is 12.1 Å². The predicted molar refractivity (Wildman–Crippen MR) is 91.7 cm³/mol. The number of anilines is 1. The second kappa shape index (κ2) is 7.48. The van der Waals surface area contributed by atoms with Gasteiger partial charge in [-0.25, -0.2) is 18.0 Å². The van der Waals surface area contributed by atoms with Crippen molar-refractivity contribution in [2.24, 2.45) is 0 Å². The van der Waals surface area contributed by atoms with E-state index in [1.54, 1.807) is 18.2 Å². The van der Waals surface area contributed by atoms with Crippen molar-refractivity contribution in [2.75, 3.05) is 19.5 Å². The largest absolute Gasteiger partial charge is 0.493 e. The summed E-state index contributed by atoms with van der Waals surface area (Å²) in [6, 6.07) is 5.89. The molecular formula is C18H16F3N3O3. The highest BCUT2D eigenvalue weighted by molar-refractivity contribution is 5.91. The fraction of sp³-hybridized carbons (Fsp3) is 0.167. The Kier molecular flexibility index (Phi) is 5.11. The molecule has 1 aliphatic rings. The Morgan fingerprint density at radius 2 is 1.74 bits per heavy atom. The molecule has 2 amide bonds. The van der Waals surface area contributed by atoms with Crippen LogP contribution in [0.3, 0.4) is 0 Å². The Morgan fingerprint density at radius 1 is 1.07 bits per heavy atom. The number of nitrogens with one attached hydrogen (secondary N) is 2. The third-order valence-corrected chi connectivity index (χ3v) is 3.96. The van der Waals surface area contributed by atoms with Crippen LogP contribution in [0.1, 0.15) is 11.7 Å². The third kappa shape index (κ3) is 3.62. The fourth-order valence-electron chi connectivity index (χ4n) is 2.66. The summed E-state index contributed by atoms with van der Waals surface area (Å²) >= 11 is 0. The lowest BCUT2D eigenvalue weighted by Crippen LogP contribution is -2.35. The Balaban J connectivity index is 1.81. The van der Waals surface area contributed by atoms with Gasteiger partial charge in [0.05, 0.1) is 14.2 Å². The van der Waals surface area contributed by atoms with E-state index in [0.29, 0.717) is 17.2 Å². The van der Waals surface area contributed by atoms with E-state index in [4.69, 9.17) is 9.47 Å². The second-order valence-electron chi connectivity index (χ2n) is 5.59. The highest BCUT2D eigenvalue weighted by atomic mass is 19.2. The minimum absolute atomic E-state index is 0.0545. The topological polar surface area (TPSA) is 62.8 Å². The van der Waals surface area contributed by atoms with Crippen molar-refractivity contribution in [2.45, 2.75) is 6.17 Å². The summed E-state index contributed by atoms with van der Waals surface area (Å²) in [5.41, 5.74) is 0.479. The Morgan fingerprint density at radius 3 is 2.37 bits per heavy atom. The summed E-state index contributed by atoms with van der Waals surface area (Å²) in [6.45, 7) is 0. The molecule has 0 radical (unpaired) electrons. The van der Waals surface area contributed by atoms with Crippen LogP contribution < -0.4 is 20.1 Å². The van der Waals surface area contributed by atoms with Crippen molar-refractivity contribution in [3.63, 3.8) is 0 Å². The molecule has 0 aliphatic carbocycles. The summed E-state index contributed by atoms with van der Waals surface area (Å²) in [4.78, 5) is 13.8. The van der Waals surface area contributed by atoms with Gasteiger partial charge in [0.15, 0.2) is 29.0 Å². The van der Waals surface area contributed by atoms with Crippen LogP contribution in [0.4, 0.5) is 23.7 Å². The molecule has 1 atom stereocenters. The maximum absolute atomic E-state index is 13.5. The lowest BCUT2D eigenvalue weighted by molar-refractivity contribution is 0.214. The van der Waals surface area contributed by atoms with Crippen molar-refractivity contribution in [3.8, 4) is 11.5 Å². The number of hydrogen-bond acceptors (Lipinski definition) is 4. The van der Waals surface area contributed by atoms with Gasteiger partial charge in [-0.15, -0.1) is 0 Å². The molecule has 0 spiro atoms. The number of hydrogen-bond donors (Lipinski definition) is 2. The molecule has 9 heteroatoms. The van der Waals surface area contributed by atoms with Gasteiger partial charge in [0.2, 0.25) is 0 Å². The number of benzene rings is 2. The van der Waals surface area contributed by atoms with Gasteiger partial charge >= 0.3 is 6.03 Å². The molecule has 0 bridgehead atoms. The summed E-state index contributed by atoms with van der Waals surface area (Å²) in [5, 5.41) is 5.44. The van der Waals surface area contributed by atoms with Crippen LogP contribution in [-0.2, 0) is 0 Å². The second-order valence-corrected chi connectivity index (χ2v) is 5.59. The van der Waals surface area contributed by atoms with Crippen LogP contribution in [0.15, 0.2) is 42.7 Å². The van der Waals surface area contributed by atoms with E-state index in [2.05, 4.69) is 10.6 Å². The molecule has 2 aromatic carbocycles. The standard InChI is InChI=1S/C18H16F3N3O3/c1-26-14-4-3-11(9-15(14)27-2)23-18(25)24-6-5-22-17(24)10-7-12(19)16(21)13(20)8-10/h3-9,17,22H,1-2H3,(H,23,25). The number of carbonyl (C=O) groups excluding carboxylic acids is 1. The number of carbonyl (C=O) groups is 1. The first-order valence-corrected chi connectivity index (χ1v) is 7.83. The molecule has 142 valence electrons. The van der Waals surface area contributed by atoms with E-state index in [-0.39, 0.29) is 5.56 Å². The SMILES string of the molecule is COc1ccc(NC(=O)N2C=CNC2c2cc(F)c(F)c(F)c2)cc1OC. The summed E-state index contributed by atoms with van der Waals surface area (Å²) in [5.74, 6) is -3.32. The number of amides is 2. The highest BCUT2D eigenvalue weighted by Gasteiger charge is 2.28. The quantitative estimate of drug-likeness (QED) is 0.795. The molecule has 6 nitrogen and oxygen atoms in total. The van der Waals surface area contributed by atoms with Crippen LogP contribution in [0, 0.1) is 17.5 Å². The Hall–Kier alpha value is -3.36. The minimum atomic E-state index is -1.56. The molecule has 3 rings (SSSR count). The molecule has 1 heterocycles. The van der Waals surface area contributed by atoms with E-state index >= 15 is 0 Å². The molecular weight excluding hydrogens is 363 g/mol. The lowest BCUT2D eigenvalue weighted by atomic mass is 10.1. The zero-order chi connectivity index (χ0) is 19.6. The minimum Gasteiger partial charge on any atom is -0.493 e. The Bertz CT molecular complexity index is 882. The summed E-state index contributed by atoms with van der Waals surface area (Å²) in [7, 11) is 2.95. The van der Waals surface area contributed by atoms with E-state index in [9.17, 15) is 18.0 Å². The zero-order valence-corrected chi connectivity index (χ0v) is 14.4. The molecule has 0 fully saturated rings. The molecule has 27 heavy (non-hydrogen) atoms. The molecule has 0 saturated heterocycles. The van der Waals surface area contributed by atoms with Gasteiger partial charge < -0.3 is 20.1 Å². The number of nitrogens with zero attached hydrogens (tertiary/aromatic N) is 1. The van der Waals surface area contributed by atoms with Crippen molar-refractivity contribution in [1.29, 1.82) is 0 Å². The van der Waals surface area contributed by atoms with Crippen molar-refractivity contribution in [3.05, 3.63) is 65.7 Å². The van der Waals surface area contributed by atoms with E-state index in [1.165, 1.54) is 31.5 Å². The first kappa shape index (κ1) is 18.4. The smallest absolute Gasteiger partial charge is 0.327 e. The highest BCUT2D eigenvalue weighted by Crippen LogP contribution is 2.31. The molecule has 2 aromatic rings. The van der Waals surface area contributed by atoms with Gasteiger partial charge in [0, 0.05) is 29.7 Å². The third-order valence-electron chi connectivity index (χ3n) is 3.96. The molecule has 2 N–H and O–H groups in total. The fourth-order valence-corrected chi connectivity index (χ4v) is 2.66. The summed E-state index contributed by atoms with van der Waals surface area (Å²) in [6.07, 6.45) is 1.95. The van der Waals surface area contributed by atoms with E-state index in [1.807, 2.05) is 0 Å². The van der Waals surface area contributed by atoms with Gasteiger partial charge in [0.1, 0.15) is 6.17 Å². The van der Waals surface area contributed by atoms with Crippen LogP contribution in [0.25, 0.3) is 0 Å². The molecule has 0 aromatic heterocycles. The predicted octanol–water partition coefficient (Wildman–Crippen LogP) is 3.73. The monoisotopic (exact) mass is 379 g/mol. The Labute approximate surface area is 153 Å². The van der Waals surface area contributed by atoms with Crippen molar-refractivity contribution in [1.82, 2.24) is 10.2 Å². The first-order chi connectivity index (χ1) is 12.9. The normalized spacial score (nSPS) is 15.4. The molecule has 0 saturated carbocycles. The average molecular weight is 379 g/mol. The zero-order valence-electron chi connectivity index (χ0n) is 14.4. The average Bonchev–Trinajstić information content (AvgIpc) is 3.15. The lowest BCUT2D eigenvalue weighted by Gasteiger charge is -2.24. The van der Waals surface area contributed by atoms with Crippen molar-refractivity contribution < 1.29 is 27.4 Å². The van der Waals surface area contributed by atoms with Gasteiger partial charge in [-0.1, -0.05) is 0 Å². The van der Waals surface area contributed by atoms with Gasteiger partial charge in [0.25, 0.3) is 0 Å². The van der Waals surface area contributed by atoms with Gasteiger partial charge in [-0.3, -0.25) is 4.90 Å². The number of ether oxygens (including phenoxy) is 2.